The first kappa shape index (κ1) is 23.7. The number of alkyl halides is 3. The number of amides is 2. The van der Waals surface area contributed by atoms with Crippen LogP contribution in [0.25, 0.3) is 0 Å². The average Bonchev–Trinajstić information content (AvgIpc) is 3.28. The number of anilines is 1. The summed E-state index contributed by atoms with van der Waals surface area (Å²) in [6.07, 6.45) is -3.10. The number of halogens is 3. The summed E-state index contributed by atoms with van der Waals surface area (Å²) in [6.45, 7) is 0.314. The summed E-state index contributed by atoms with van der Waals surface area (Å²) < 4.78 is 66.1. The van der Waals surface area contributed by atoms with E-state index >= 15 is 0 Å². The van der Waals surface area contributed by atoms with Gasteiger partial charge in [-0.05, 0) is 43.2 Å². The van der Waals surface area contributed by atoms with Crippen LogP contribution in [0.15, 0.2) is 53.4 Å². The molecule has 11 heteroatoms. The molecule has 1 fully saturated rings. The zero-order valence-electron chi connectivity index (χ0n) is 17.2. The maximum Gasteiger partial charge on any atom is 0.418 e. The Balaban J connectivity index is 1.71. The molecule has 1 N–H and O–H groups in total. The van der Waals surface area contributed by atoms with Crippen LogP contribution in [0.1, 0.15) is 28.8 Å². The summed E-state index contributed by atoms with van der Waals surface area (Å²) in [4.78, 5) is 26.0. The standard InChI is InChI=1S/C21H22F3N3O4S/c1-26(14-19(28)25-18-10-3-2-9-17(18)21(22,23)24)20(29)15-7-6-8-16(13-15)32(30,31)27-11-4-5-12-27/h2-3,6-10,13H,4-5,11-12,14H2,1H3,(H,25,28). The maximum atomic E-state index is 13.1. The van der Waals surface area contributed by atoms with E-state index in [0.717, 1.165) is 29.9 Å². The van der Waals surface area contributed by atoms with E-state index in [1.54, 1.807) is 0 Å². The van der Waals surface area contributed by atoms with Crippen LogP contribution < -0.4 is 5.32 Å². The molecule has 32 heavy (non-hydrogen) atoms. The second kappa shape index (κ2) is 9.29. The lowest BCUT2D eigenvalue weighted by molar-refractivity contribution is -0.137. The predicted molar refractivity (Wildman–Crippen MR) is 111 cm³/mol. The SMILES string of the molecule is CN(CC(=O)Nc1ccccc1C(F)(F)F)C(=O)c1cccc(S(=O)(=O)N2CCCC2)c1. The molecule has 0 radical (unpaired) electrons. The molecular weight excluding hydrogens is 447 g/mol. The fourth-order valence-electron chi connectivity index (χ4n) is 3.40. The average molecular weight is 469 g/mol. The third-order valence-corrected chi connectivity index (χ3v) is 6.91. The van der Waals surface area contributed by atoms with Gasteiger partial charge in [0.15, 0.2) is 0 Å². The minimum absolute atomic E-state index is 0.0257. The second-order valence-corrected chi connectivity index (χ2v) is 9.33. The van der Waals surface area contributed by atoms with Gasteiger partial charge in [-0.15, -0.1) is 0 Å². The van der Waals surface area contributed by atoms with Crippen LogP contribution in [-0.4, -0.2) is 56.1 Å². The number of para-hydroxylation sites is 1. The topological polar surface area (TPSA) is 86.8 Å². The third-order valence-electron chi connectivity index (χ3n) is 5.02. The van der Waals surface area contributed by atoms with Gasteiger partial charge in [0, 0.05) is 25.7 Å². The van der Waals surface area contributed by atoms with E-state index in [4.69, 9.17) is 0 Å². The number of carbonyl (C=O) groups is 2. The van der Waals surface area contributed by atoms with Gasteiger partial charge in [-0.1, -0.05) is 18.2 Å². The minimum Gasteiger partial charge on any atom is -0.332 e. The summed E-state index contributed by atoms with van der Waals surface area (Å²) in [7, 11) is -2.42. The highest BCUT2D eigenvalue weighted by Crippen LogP contribution is 2.34. The van der Waals surface area contributed by atoms with Crippen LogP contribution in [0.4, 0.5) is 18.9 Å². The first-order valence-corrected chi connectivity index (χ1v) is 11.3. The molecule has 2 aromatic carbocycles. The summed E-state index contributed by atoms with van der Waals surface area (Å²) in [5.74, 6) is -1.46. The molecule has 1 aliphatic rings. The number of nitrogens with zero attached hydrogens (tertiary/aromatic N) is 2. The largest absolute Gasteiger partial charge is 0.418 e. The van der Waals surface area contributed by atoms with Crippen LogP contribution in [0, 0.1) is 0 Å². The van der Waals surface area contributed by atoms with Gasteiger partial charge in [0.05, 0.1) is 22.7 Å². The number of carbonyl (C=O) groups excluding carboxylic acids is 2. The minimum atomic E-state index is -4.65. The number of hydrogen-bond donors (Lipinski definition) is 1. The van der Waals surface area contributed by atoms with Gasteiger partial charge in [0.1, 0.15) is 0 Å². The smallest absolute Gasteiger partial charge is 0.332 e. The van der Waals surface area contributed by atoms with Crippen LogP contribution in [0.5, 0.6) is 0 Å². The number of rotatable bonds is 6. The molecule has 172 valence electrons. The van der Waals surface area contributed by atoms with Crippen LogP contribution >= 0.6 is 0 Å². The summed E-state index contributed by atoms with van der Waals surface area (Å²) in [6, 6.07) is 10.0. The number of sulfonamides is 1. The number of benzene rings is 2. The van der Waals surface area contributed by atoms with Crippen molar-refractivity contribution in [2.45, 2.75) is 23.9 Å². The van der Waals surface area contributed by atoms with Crippen LogP contribution in [0.3, 0.4) is 0 Å². The Kier molecular flexibility index (Phi) is 6.89. The Morgan fingerprint density at radius 2 is 1.72 bits per heavy atom. The molecule has 1 saturated heterocycles. The van der Waals surface area contributed by atoms with Crippen LogP contribution in [0.2, 0.25) is 0 Å². The van der Waals surface area contributed by atoms with Gasteiger partial charge in [-0.2, -0.15) is 17.5 Å². The van der Waals surface area contributed by atoms with E-state index in [2.05, 4.69) is 5.32 Å². The Morgan fingerprint density at radius 3 is 2.38 bits per heavy atom. The molecule has 7 nitrogen and oxygen atoms in total. The van der Waals surface area contributed by atoms with E-state index in [0.29, 0.717) is 13.1 Å². The molecule has 0 aromatic heterocycles. The number of likely N-dealkylation sites (N-methyl/N-ethyl adjacent to an activating group) is 1. The Labute approximate surface area is 183 Å². The summed E-state index contributed by atoms with van der Waals surface area (Å²) in [5, 5.41) is 2.17. The van der Waals surface area contributed by atoms with Crippen molar-refractivity contribution in [2.24, 2.45) is 0 Å². The Morgan fingerprint density at radius 1 is 1.06 bits per heavy atom. The molecule has 1 heterocycles. The number of hydrogen-bond acceptors (Lipinski definition) is 4. The first-order valence-electron chi connectivity index (χ1n) is 9.82. The van der Waals surface area contributed by atoms with Crippen molar-refractivity contribution in [1.82, 2.24) is 9.21 Å². The van der Waals surface area contributed by atoms with Gasteiger partial charge < -0.3 is 10.2 Å². The zero-order chi connectivity index (χ0) is 23.5. The molecule has 0 spiro atoms. The molecule has 0 saturated carbocycles. The van der Waals surface area contributed by atoms with E-state index in [9.17, 15) is 31.2 Å². The van der Waals surface area contributed by atoms with Crippen molar-refractivity contribution >= 4 is 27.5 Å². The highest BCUT2D eigenvalue weighted by molar-refractivity contribution is 7.89. The fraction of sp³-hybridized carbons (Fsp3) is 0.333. The van der Waals surface area contributed by atoms with E-state index in [1.165, 1.54) is 47.8 Å². The van der Waals surface area contributed by atoms with Gasteiger partial charge in [0.2, 0.25) is 15.9 Å². The van der Waals surface area contributed by atoms with Crippen molar-refractivity contribution < 1.29 is 31.2 Å². The lowest BCUT2D eigenvalue weighted by Crippen LogP contribution is -2.35. The molecule has 0 bridgehead atoms. The molecule has 1 aliphatic heterocycles. The van der Waals surface area contributed by atoms with E-state index in [-0.39, 0.29) is 10.5 Å². The maximum absolute atomic E-state index is 13.1. The normalized spacial score (nSPS) is 14.9. The van der Waals surface area contributed by atoms with Gasteiger partial charge in [-0.3, -0.25) is 9.59 Å². The highest BCUT2D eigenvalue weighted by atomic mass is 32.2. The Bertz CT molecular complexity index is 1110. The highest BCUT2D eigenvalue weighted by Gasteiger charge is 2.33. The van der Waals surface area contributed by atoms with E-state index in [1.807, 2.05) is 0 Å². The molecular formula is C21H22F3N3O4S. The third kappa shape index (κ3) is 5.28. The molecule has 0 atom stereocenters. The van der Waals surface area contributed by atoms with Gasteiger partial charge >= 0.3 is 6.18 Å². The van der Waals surface area contributed by atoms with Gasteiger partial charge in [0.25, 0.3) is 5.91 Å². The summed E-state index contributed by atoms with van der Waals surface area (Å²) in [5.41, 5.74) is -1.36. The monoisotopic (exact) mass is 469 g/mol. The molecule has 0 unspecified atom stereocenters. The quantitative estimate of drug-likeness (QED) is 0.704. The predicted octanol–water partition coefficient (Wildman–Crippen LogP) is 3.20. The van der Waals surface area contributed by atoms with E-state index < -0.39 is 45.8 Å². The lowest BCUT2D eigenvalue weighted by atomic mass is 10.1. The zero-order valence-corrected chi connectivity index (χ0v) is 18.0. The van der Waals surface area contributed by atoms with Crippen molar-refractivity contribution in [3.8, 4) is 0 Å². The molecule has 0 aliphatic carbocycles. The van der Waals surface area contributed by atoms with Crippen LogP contribution in [-0.2, 0) is 21.0 Å². The fourth-order valence-corrected chi connectivity index (χ4v) is 4.97. The second-order valence-electron chi connectivity index (χ2n) is 7.39. The number of nitrogens with one attached hydrogen (secondary N) is 1. The van der Waals surface area contributed by atoms with Crippen molar-refractivity contribution in [3.63, 3.8) is 0 Å². The van der Waals surface area contributed by atoms with Gasteiger partial charge in [-0.25, -0.2) is 8.42 Å². The molecule has 2 aromatic rings. The first-order chi connectivity index (χ1) is 15.0. The van der Waals surface area contributed by atoms with Crippen molar-refractivity contribution in [3.05, 3.63) is 59.7 Å². The lowest BCUT2D eigenvalue weighted by Gasteiger charge is -2.19. The molecule has 3 rings (SSSR count). The summed E-state index contributed by atoms with van der Waals surface area (Å²) >= 11 is 0. The van der Waals surface area contributed by atoms with Crippen molar-refractivity contribution in [1.29, 1.82) is 0 Å². The molecule has 2 amide bonds. The van der Waals surface area contributed by atoms with Crippen molar-refractivity contribution in [2.75, 3.05) is 32.0 Å². The Hall–Kier alpha value is -2.92.